The Morgan fingerprint density at radius 1 is 1.21 bits per heavy atom. The maximum Gasteiger partial charge on any atom is 0.434 e. The van der Waals surface area contributed by atoms with Crippen molar-refractivity contribution in [2.75, 3.05) is 0 Å². The third-order valence-electron chi connectivity index (χ3n) is 3.34. The van der Waals surface area contributed by atoms with Crippen molar-refractivity contribution in [1.82, 2.24) is 9.55 Å². The molecule has 152 valence electrons. The molecule has 0 amide bonds. The maximum atomic E-state index is 13.1. The molecule has 0 bridgehead atoms. The Bertz CT molecular complexity index is 971. The second kappa shape index (κ2) is 9.52. The first-order chi connectivity index (χ1) is 13.1. The lowest BCUT2D eigenvalue weighted by Crippen LogP contribution is -2.12. The van der Waals surface area contributed by atoms with Crippen LogP contribution in [0.3, 0.4) is 0 Å². The number of hydrogen-bond acceptors (Lipinski definition) is 3. The summed E-state index contributed by atoms with van der Waals surface area (Å²) in [4.78, 5) is 3.55. The summed E-state index contributed by atoms with van der Waals surface area (Å²) < 4.78 is 63.3. The molecule has 0 saturated heterocycles. The maximum absolute atomic E-state index is 13.1. The predicted molar refractivity (Wildman–Crippen MR) is 104 cm³/mol. The van der Waals surface area contributed by atoms with Gasteiger partial charge in [0.05, 0.1) is 4.90 Å². The molecule has 2 rings (SSSR count). The van der Waals surface area contributed by atoms with Gasteiger partial charge in [0.25, 0.3) is 0 Å². The summed E-state index contributed by atoms with van der Waals surface area (Å²) in [5, 5.41) is 5.04. The molecule has 28 heavy (non-hydrogen) atoms. The van der Waals surface area contributed by atoms with E-state index in [9.17, 15) is 21.6 Å². The smallest absolute Gasteiger partial charge is 0.299 e. The molecule has 0 aliphatic heterocycles. The van der Waals surface area contributed by atoms with Gasteiger partial charge in [0, 0.05) is 17.5 Å². The zero-order chi connectivity index (χ0) is 21.5. The standard InChI is InChI=1S/C17H16F3N3O2S.C2H6/c1-3-5-12(6-4-2)16-22-15(17(18,19)20)11-23(16)13-7-9-14(10-8-13)26(21,24)25;1-2/h3-11H,1H2,2H3,(H2,21,24,25);1-2H3/b6-4-,12-5+;. The van der Waals surface area contributed by atoms with Gasteiger partial charge >= 0.3 is 6.18 Å². The molecule has 0 aliphatic carbocycles. The molecule has 1 heterocycles. The van der Waals surface area contributed by atoms with Crippen molar-refractivity contribution in [3.63, 3.8) is 0 Å². The number of primary sulfonamides is 1. The van der Waals surface area contributed by atoms with Gasteiger partial charge in [-0.25, -0.2) is 18.5 Å². The average molecular weight is 413 g/mol. The van der Waals surface area contributed by atoms with E-state index in [1.165, 1.54) is 41.0 Å². The van der Waals surface area contributed by atoms with Crippen molar-refractivity contribution in [3.8, 4) is 5.69 Å². The van der Waals surface area contributed by atoms with E-state index in [0.717, 1.165) is 6.20 Å². The summed E-state index contributed by atoms with van der Waals surface area (Å²) in [6.07, 6.45) is 2.44. The van der Waals surface area contributed by atoms with Crippen molar-refractivity contribution >= 4 is 15.6 Å². The number of allylic oxidation sites excluding steroid dienone is 5. The number of aromatic nitrogens is 2. The quantitative estimate of drug-likeness (QED) is 0.721. The molecule has 2 aromatic rings. The normalized spacial score (nSPS) is 12.6. The molecule has 1 aromatic carbocycles. The molecule has 1 aromatic heterocycles. The van der Waals surface area contributed by atoms with Gasteiger partial charge in [0.2, 0.25) is 10.0 Å². The lowest BCUT2D eigenvalue weighted by Gasteiger charge is -2.09. The van der Waals surface area contributed by atoms with Crippen LogP contribution < -0.4 is 5.14 Å². The van der Waals surface area contributed by atoms with Crippen molar-refractivity contribution in [2.45, 2.75) is 31.8 Å². The van der Waals surface area contributed by atoms with Crippen LogP contribution in [0.4, 0.5) is 13.2 Å². The van der Waals surface area contributed by atoms with Crippen LogP contribution in [0.1, 0.15) is 32.3 Å². The second-order valence-corrected chi connectivity index (χ2v) is 6.78. The van der Waals surface area contributed by atoms with Gasteiger partial charge in [-0.3, -0.25) is 4.57 Å². The van der Waals surface area contributed by atoms with Gasteiger partial charge in [0.15, 0.2) is 5.69 Å². The molecule has 0 aliphatic rings. The Hall–Kier alpha value is -2.65. The van der Waals surface area contributed by atoms with E-state index in [0.29, 0.717) is 11.3 Å². The van der Waals surface area contributed by atoms with Crippen molar-refractivity contribution in [2.24, 2.45) is 5.14 Å². The highest BCUT2D eigenvalue weighted by molar-refractivity contribution is 7.89. The number of hydrogen-bond donors (Lipinski definition) is 1. The Morgan fingerprint density at radius 2 is 1.79 bits per heavy atom. The van der Waals surface area contributed by atoms with Gasteiger partial charge in [0.1, 0.15) is 5.82 Å². The number of imidazole rings is 1. The predicted octanol–water partition coefficient (Wildman–Crippen LogP) is 4.71. The van der Waals surface area contributed by atoms with Gasteiger partial charge in [-0.15, -0.1) is 0 Å². The molecule has 0 atom stereocenters. The fourth-order valence-electron chi connectivity index (χ4n) is 2.22. The van der Waals surface area contributed by atoms with E-state index >= 15 is 0 Å². The molecule has 0 spiro atoms. The van der Waals surface area contributed by atoms with Crippen LogP contribution in [-0.4, -0.2) is 18.0 Å². The lowest BCUT2D eigenvalue weighted by atomic mass is 10.2. The highest BCUT2D eigenvalue weighted by atomic mass is 32.2. The third kappa shape index (κ3) is 5.67. The minimum atomic E-state index is -4.63. The van der Waals surface area contributed by atoms with Gasteiger partial charge in [-0.1, -0.05) is 44.7 Å². The summed E-state index contributed by atoms with van der Waals surface area (Å²) in [6, 6.07) is 5.14. The Morgan fingerprint density at radius 3 is 2.21 bits per heavy atom. The van der Waals surface area contributed by atoms with E-state index < -0.39 is 21.9 Å². The summed E-state index contributed by atoms with van der Waals surface area (Å²) in [5.74, 6) is 0.0404. The van der Waals surface area contributed by atoms with Crippen LogP contribution in [0.2, 0.25) is 0 Å². The van der Waals surface area contributed by atoms with E-state index in [1.807, 2.05) is 13.8 Å². The van der Waals surface area contributed by atoms with E-state index in [4.69, 9.17) is 5.14 Å². The fraction of sp³-hybridized carbons (Fsp3) is 0.211. The number of sulfonamides is 1. The largest absolute Gasteiger partial charge is 0.434 e. The van der Waals surface area contributed by atoms with E-state index in [1.54, 1.807) is 19.1 Å². The third-order valence-corrected chi connectivity index (χ3v) is 4.27. The minimum absolute atomic E-state index is 0.0404. The molecule has 5 nitrogen and oxygen atoms in total. The molecule has 0 radical (unpaired) electrons. The fourth-order valence-corrected chi connectivity index (χ4v) is 2.74. The molecular formula is C19H22F3N3O2S. The zero-order valence-electron chi connectivity index (χ0n) is 15.7. The summed E-state index contributed by atoms with van der Waals surface area (Å²) >= 11 is 0. The number of halogens is 3. The van der Waals surface area contributed by atoms with Crippen LogP contribution in [0.15, 0.2) is 66.2 Å². The highest BCUT2D eigenvalue weighted by Gasteiger charge is 2.35. The van der Waals surface area contributed by atoms with Gasteiger partial charge < -0.3 is 0 Å². The monoisotopic (exact) mass is 413 g/mol. The van der Waals surface area contributed by atoms with Crippen molar-refractivity contribution in [3.05, 3.63) is 72.9 Å². The van der Waals surface area contributed by atoms with Crippen molar-refractivity contribution < 1.29 is 21.6 Å². The molecule has 9 heteroatoms. The van der Waals surface area contributed by atoms with Crippen LogP contribution >= 0.6 is 0 Å². The number of nitrogens with zero attached hydrogens (tertiary/aromatic N) is 2. The summed E-state index contributed by atoms with van der Waals surface area (Å²) in [7, 11) is -3.90. The Labute approximate surface area is 162 Å². The van der Waals surface area contributed by atoms with E-state index in [2.05, 4.69) is 11.6 Å². The molecule has 0 saturated carbocycles. The lowest BCUT2D eigenvalue weighted by molar-refractivity contribution is -0.140. The Balaban J connectivity index is 0.00000190. The van der Waals surface area contributed by atoms with Crippen LogP contribution in [0.5, 0.6) is 0 Å². The highest BCUT2D eigenvalue weighted by Crippen LogP contribution is 2.31. The van der Waals surface area contributed by atoms with Crippen LogP contribution in [-0.2, 0) is 16.2 Å². The Kier molecular flexibility index (Phi) is 7.95. The van der Waals surface area contributed by atoms with Gasteiger partial charge in [-0.2, -0.15) is 13.2 Å². The van der Waals surface area contributed by atoms with Gasteiger partial charge in [-0.05, 0) is 31.2 Å². The zero-order valence-corrected chi connectivity index (χ0v) is 16.6. The van der Waals surface area contributed by atoms with Crippen LogP contribution in [0.25, 0.3) is 11.3 Å². The first-order valence-corrected chi connectivity index (χ1v) is 9.88. The van der Waals surface area contributed by atoms with Crippen molar-refractivity contribution in [1.29, 1.82) is 0 Å². The first-order valence-electron chi connectivity index (χ1n) is 8.33. The minimum Gasteiger partial charge on any atom is -0.299 e. The SMILES string of the molecule is C=C/C=C(\C=C/C)c1nc(C(F)(F)F)cn1-c1ccc(S(N)(=O)=O)cc1.CC. The number of rotatable bonds is 5. The first kappa shape index (κ1) is 23.4. The second-order valence-electron chi connectivity index (χ2n) is 5.21. The number of nitrogens with two attached hydrogens (primary N) is 1. The molecule has 2 N–H and O–H groups in total. The van der Waals surface area contributed by atoms with Crippen LogP contribution in [0, 0.1) is 0 Å². The molecule has 0 fully saturated rings. The molecule has 0 unspecified atom stereocenters. The molecular weight excluding hydrogens is 391 g/mol. The summed E-state index contributed by atoms with van der Waals surface area (Å²) in [6.45, 7) is 9.27. The number of benzene rings is 1. The van der Waals surface area contributed by atoms with E-state index in [-0.39, 0.29) is 10.7 Å². The average Bonchev–Trinajstić information content (AvgIpc) is 3.08. The topological polar surface area (TPSA) is 78.0 Å². The number of alkyl halides is 3. The summed E-state index contributed by atoms with van der Waals surface area (Å²) in [5.41, 5.74) is -0.356.